The summed E-state index contributed by atoms with van der Waals surface area (Å²) in [5.74, 6) is 0. The van der Waals surface area contributed by atoms with Crippen LogP contribution in [0.15, 0.2) is 12.7 Å². The van der Waals surface area contributed by atoms with Gasteiger partial charge in [-0.25, -0.2) is 13.2 Å². The molecule has 1 rings (SSSR count). The summed E-state index contributed by atoms with van der Waals surface area (Å²) in [4.78, 5) is 13.6. The zero-order valence-corrected chi connectivity index (χ0v) is 12.6. The molecule has 1 heterocycles. The van der Waals surface area contributed by atoms with Crippen molar-refractivity contribution in [2.75, 3.05) is 19.3 Å². The average Bonchev–Trinajstić information content (AvgIpc) is 2.78. The van der Waals surface area contributed by atoms with Crippen molar-refractivity contribution >= 4 is 15.9 Å². The van der Waals surface area contributed by atoms with Crippen LogP contribution in [-0.2, 0) is 9.84 Å². The van der Waals surface area contributed by atoms with Crippen molar-refractivity contribution in [3.8, 4) is 0 Å². The number of nitrogens with one attached hydrogen (secondary N) is 1. The van der Waals surface area contributed by atoms with Gasteiger partial charge in [-0.3, -0.25) is 0 Å². The van der Waals surface area contributed by atoms with Gasteiger partial charge < -0.3 is 10.2 Å². The molecule has 0 saturated carbocycles. The number of amides is 2. The van der Waals surface area contributed by atoms with E-state index < -0.39 is 15.1 Å². The quantitative estimate of drug-likeness (QED) is 0.596. The van der Waals surface area contributed by atoms with Crippen LogP contribution in [0.4, 0.5) is 4.79 Å². The van der Waals surface area contributed by atoms with E-state index in [9.17, 15) is 13.2 Å². The minimum atomic E-state index is -3.05. The zero-order chi connectivity index (χ0) is 14.5. The maximum Gasteiger partial charge on any atom is 0.317 e. The molecule has 0 spiro atoms. The van der Waals surface area contributed by atoms with E-state index in [0.29, 0.717) is 19.5 Å². The summed E-state index contributed by atoms with van der Waals surface area (Å²) in [6, 6.07) is -0.0537. The maximum atomic E-state index is 12.0. The molecule has 6 heteroatoms. The maximum absolute atomic E-state index is 12.0. The topological polar surface area (TPSA) is 66.5 Å². The Morgan fingerprint density at radius 2 is 2.26 bits per heavy atom. The first-order chi connectivity index (χ1) is 8.84. The van der Waals surface area contributed by atoms with E-state index in [4.69, 9.17) is 0 Å². The highest BCUT2D eigenvalue weighted by Gasteiger charge is 2.32. The van der Waals surface area contributed by atoms with Crippen LogP contribution in [0.1, 0.15) is 32.6 Å². The Morgan fingerprint density at radius 1 is 1.58 bits per heavy atom. The number of hydrogen-bond donors (Lipinski definition) is 1. The Balaban J connectivity index is 2.37. The van der Waals surface area contributed by atoms with Crippen LogP contribution in [0, 0.1) is 0 Å². The van der Waals surface area contributed by atoms with E-state index >= 15 is 0 Å². The molecule has 0 aliphatic carbocycles. The van der Waals surface area contributed by atoms with Gasteiger partial charge in [0.2, 0.25) is 0 Å². The number of allylic oxidation sites excluding steroid dienone is 1. The number of urea groups is 1. The third-order valence-corrected chi connectivity index (χ3v) is 5.05. The Bertz CT molecular complexity index is 420. The van der Waals surface area contributed by atoms with Gasteiger partial charge in [-0.15, -0.1) is 6.58 Å². The number of hydrogen-bond acceptors (Lipinski definition) is 3. The van der Waals surface area contributed by atoms with Gasteiger partial charge in [-0.05, 0) is 32.6 Å². The number of rotatable bonds is 6. The average molecular weight is 288 g/mol. The molecular weight excluding hydrogens is 264 g/mol. The summed E-state index contributed by atoms with van der Waals surface area (Å²) < 4.78 is 22.9. The largest absolute Gasteiger partial charge is 0.336 e. The summed E-state index contributed by atoms with van der Waals surface area (Å²) in [6.07, 6.45) is 6.48. The summed E-state index contributed by atoms with van der Waals surface area (Å²) in [5, 5.41) is 2.50. The standard InChI is InChI=1S/C13H24N2O3S/c1-4-5-6-7-11(2)14-13(16)15-9-8-12(10-15)19(3,17)18/h4,11-12H,1,5-10H2,2-3H3,(H,14,16)/t11-,12-/m0/s1. The van der Waals surface area contributed by atoms with E-state index in [-0.39, 0.29) is 12.1 Å². The lowest BCUT2D eigenvalue weighted by Gasteiger charge is -2.20. The van der Waals surface area contributed by atoms with E-state index in [0.717, 1.165) is 19.3 Å². The molecule has 5 nitrogen and oxygen atoms in total. The SMILES string of the molecule is C=CCCC[C@H](C)NC(=O)N1CC[C@H](S(C)(=O)=O)C1. The van der Waals surface area contributed by atoms with Gasteiger partial charge in [0.1, 0.15) is 0 Å². The van der Waals surface area contributed by atoms with Crippen molar-refractivity contribution in [3.05, 3.63) is 12.7 Å². The summed E-state index contributed by atoms with van der Waals surface area (Å²) in [7, 11) is -3.05. The van der Waals surface area contributed by atoms with Gasteiger partial charge in [0.15, 0.2) is 9.84 Å². The second-order valence-corrected chi connectivity index (χ2v) is 7.58. The highest BCUT2D eigenvalue weighted by molar-refractivity contribution is 7.91. The second kappa shape index (κ2) is 6.93. The van der Waals surface area contributed by atoms with Crippen LogP contribution >= 0.6 is 0 Å². The fraction of sp³-hybridized carbons (Fsp3) is 0.769. The lowest BCUT2D eigenvalue weighted by Crippen LogP contribution is -2.43. The smallest absolute Gasteiger partial charge is 0.317 e. The van der Waals surface area contributed by atoms with Crippen LogP contribution in [0.3, 0.4) is 0 Å². The van der Waals surface area contributed by atoms with Crippen LogP contribution in [0.2, 0.25) is 0 Å². The van der Waals surface area contributed by atoms with Crippen LogP contribution in [0.5, 0.6) is 0 Å². The molecule has 0 radical (unpaired) electrons. The lowest BCUT2D eigenvalue weighted by atomic mass is 10.1. The molecule has 1 aliphatic rings. The predicted molar refractivity (Wildman–Crippen MR) is 76.9 cm³/mol. The van der Waals surface area contributed by atoms with Crippen LogP contribution in [-0.4, -0.2) is 50.0 Å². The Labute approximate surface area is 116 Å². The van der Waals surface area contributed by atoms with Gasteiger partial charge in [-0.2, -0.15) is 0 Å². The molecule has 0 unspecified atom stereocenters. The molecule has 2 amide bonds. The van der Waals surface area contributed by atoms with Crippen molar-refractivity contribution in [3.63, 3.8) is 0 Å². The second-order valence-electron chi connectivity index (χ2n) is 5.26. The molecule has 2 atom stereocenters. The number of sulfone groups is 1. The Hall–Kier alpha value is -1.04. The number of likely N-dealkylation sites (tertiary alicyclic amines) is 1. The minimum absolute atomic E-state index is 0.102. The molecule has 1 N–H and O–H groups in total. The third-order valence-electron chi connectivity index (χ3n) is 3.45. The monoisotopic (exact) mass is 288 g/mol. The van der Waals surface area contributed by atoms with Gasteiger partial charge >= 0.3 is 6.03 Å². The molecule has 0 aromatic rings. The molecule has 1 saturated heterocycles. The first kappa shape index (κ1) is 16.0. The van der Waals surface area contributed by atoms with Gasteiger partial charge in [0, 0.05) is 25.4 Å². The number of carbonyl (C=O) groups is 1. The molecule has 1 aliphatic heterocycles. The van der Waals surface area contributed by atoms with E-state index in [1.165, 1.54) is 6.26 Å². The van der Waals surface area contributed by atoms with Crippen molar-refractivity contribution in [1.29, 1.82) is 0 Å². The van der Waals surface area contributed by atoms with Crippen LogP contribution in [0.25, 0.3) is 0 Å². The molecule has 1 fully saturated rings. The zero-order valence-electron chi connectivity index (χ0n) is 11.8. The molecule has 110 valence electrons. The van der Waals surface area contributed by atoms with Crippen molar-refractivity contribution in [1.82, 2.24) is 10.2 Å². The minimum Gasteiger partial charge on any atom is -0.336 e. The van der Waals surface area contributed by atoms with E-state index in [2.05, 4.69) is 11.9 Å². The first-order valence-corrected chi connectivity index (χ1v) is 8.65. The van der Waals surface area contributed by atoms with Crippen molar-refractivity contribution in [2.45, 2.75) is 43.9 Å². The fourth-order valence-electron chi connectivity index (χ4n) is 2.20. The van der Waals surface area contributed by atoms with E-state index in [1.54, 1.807) is 4.90 Å². The van der Waals surface area contributed by atoms with Gasteiger partial charge in [0.05, 0.1) is 5.25 Å². The Kier molecular flexibility index (Phi) is 5.85. The van der Waals surface area contributed by atoms with Gasteiger partial charge in [-0.1, -0.05) is 6.08 Å². The number of carbonyl (C=O) groups excluding carboxylic acids is 1. The summed E-state index contributed by atoms with van der Waals surface area (Å²) in [5.41, 5.74) is 0. The molecular formula is C13H24N2O3S. The summed E-state index contributed by atoms with van der Waals surface area (Å²) >= 11 is 0. The molecule has 0 aromatic carbocycles. The van der Waals surface area contributed by atoms with Crippen LogP contribution < -0.4 is 5.32 Å². The molecule has 0 aromatic heterocycles. The predicted octanol–water partition coefficient (Wildman–Crippen LogP) is 1.56. The molecule has 19 heavy (non-hydrogen) atoms. The number of nitrogens with zero attached hydrogens (tertiary/aromatic N) is 1. The van der Waals surface area contributed by atoms with Crippen molar-refractivity contribution in [2.24, 2.45) is 0 Å². The highest BCUT2D eigenvalue weighted by Crippen LogP contribution is 2.16. The van der Waals surface area contributed by atoms with Gasteiger partial charge in [0.25, 0.3) is 0 Å². The molecule has 0 bridgehead atoms. The lowest BCUT2D eigenvalue weighted by molar-refractivity contribution is 0.204. The Morgan fingerprint density at radius 3 is 2.79 bits per heavy atom. The van der Waals surface area contributed by atoms with Crippen molar-refractivity contribution < 1.29 is 13.2 Å². The van der Waals surface area contributed by atoms with E-state index in [1.807, 2.05) is 13.0 Å². The normalized spacial score (nSPS) is 21.2. The summed E-state index contributed by atoms with van der Waals surface area (Å²) in [6.45, 7) is 6.45. The number of unbranched alkanes of at least 4 members (excludes halogenated alkanes) is 1. The third kappa shape index (κ3) is 5.22. The first-order valence-electron chi connectivity index (χ1n) is 6.69. The highest BCUT2D eigenvalue weighted by atomic mass is 32.2. The fourth-order valence-corrected chi connectivity index (χ4v) is 3.19.